The molecule has 2 fully saturated rings. The molecule has 6 heteroatoms. The van der Waals surface area contributed by atoms with E-state index >= 15 is 0 Å². The van der Waals surface area contributed by atoms with Gasteiger partial charge in [0.15, 0.2) is 11.5 Å². The third-order valence-corrected chi connectivity index (χ3v) is 5.90. The minimum Gasteiger partial charge on any atom is -0.493 e. The Morgan fingerprint density at radius 3 is 2.17 bits per heavy atom. The molecule has 3 rings (SSSR count). The summed E-state index contributed by atoms with van der Waals surface area (Å²) in [4.78, 5) is 29.2. The molecule has 0 aromatic heterocycles. The monoisotopic (exact) mass is 400 g/mol. The van der Waals surface area contributed by atoms with Crippen LogP contribution < -0.4 is 9.47 Å². The van der Waals surface area contributed by atoms with Gasteiger partial charge < -0.3 is 19.3 Å². The number of carbonyl (C=O) groups excluding carboxylic acids is 2. The molecule has 29 heavy (non-hydrogen) atoms. The molecule has 1 aromatic carbocycles. The van der Waals surface area contributed by atoms with Crippen LogP contribution in [0.5, 0.6) is 11.5 Å². The molecule has 2 aliphatic heterocycles. The van der Waals surface area contributed by atoms with Crippen LogP contribution in [0.1, 0.15) is 44.1 Å². The fourth-order valence-electron chi connectivity index (χ4n) is 4.13. The van der Waals surface area contributed by atoms with E-state index in [0.29, 0.717) is 30.5 Å². The Morgan fingerprint density at radius 1 is 0.897 bits per heavy atom. The van der Waals surface area contributed by atoms with E-state index in [0.717, 1.165) is 44.3 Å². The second-order valence-corrected chi connectivity index (χ2v) is 7.79. The highest BCUT2D eigenvalue weighted by atomic mass is 16.5. The van der Waals surface area contributed by atoms with Gasteiger partial charge in [0, 0.05) is 38.2 Å². The topological polar surface area (TPSA) is 59.1 Å². The summed E-state index contributed by atoms with van der Waals surface area (Å²) in [6, 6.07) is 5.55. The Labute approximate surface area is 173 Å². The number of benzene rings is 1. The fourth-order valence-corrected chi connectivity index (χ4v) is 4.13. The van der Waals surface area contributed by atoms with E-state index in [4.69, 9.17) is 9.47 Å². The highest BCUT2D eigenvalue weighted by Crippen LogP contribution is 2.28. The Kier molecular flexibility index (Phi) is 7.55. The predicted molar refractivity (Wildman–Crippen MR) is 113 cm³/mol. The molecule has 2 heterocycles. The molecule has 0 bridgehead atoms. The number of ether oxygens (including phenoxy) is 2. The molecule has 0 spiro atoms. The standard InChI is InChI=1S/C23H32N2O4/c1-28-20-9-7-18(17-21(20)29-2)8-10-22(26)24-15-11-19(12-16-24)23(27)25-13-5-3-4-6-14-25/h7-10,17,19H,3-6,11-16H2,1-2H3/b10-8+. The lowest BCUT2D eigenvalue weighted by Crippen LogP contribution is -2.44. The van der Waals surface area contributed by atoms with Crippen molar-refractivity contribution in [3.63, 3.8) is 0 Å². The first kappa shape index (κ1) is 21.2. The average molecular weight is 401 g/mol. The van der Waals surface area contributed by atoms with Crippen molar-refractivity contribution in [3.05, 3.63) is 29.8 Å². The number of hydrogen-bond acceptors (Lipinski definition) is 4. The van der Waals surface area contributed by atoms with E-state index in [-0.39, 0.29) is 11.8 Å². The van der Waals surface area contributed by atoms with Crippen molar-refractivity contribution in [1.29, 1.82) is 0 Å². The first-order chi connectivity index (χ1) is 14.1. The van der Waals surface area contributed by atoms with E-state index in [1.54, 1.807) is 26.4 Å². The zero-order chi connectivity index (χ0) is 20.6. The fraction of sp³-hybridized carbons (Fsp3) is 0.565. The predicted octanol–water partition coefficient (Wildman–Crippen LogP) is 3.36. The van der Waals surface area contributed by atoms with Gasteiger partial charge in [0.25, 0.3) is 0 Å². The summed E-state index contributed by atoms with van der Waals surface area (Å²) in [5.41, 5.74) is 0.877. The van der Waals surface area contributed by atoms with Crippen molar-refractivity contribution >= 4 is 17.9 Å². The SMILES string of the molecule is COc1ccc(/C=C/C(=O)N2CCC(C(=O)N3CCCCCC3)CC2)cc1OC. The zero-order valence-electron chi connectivity index (χ0n) is 17.6. The summed E-state index contributed by atoms with van der Waals surface area (Å²) < 4.78 is 10.5. The summed E-state index contributed by atoms with van der Waals surface area (Å²) in [6.45, 7) is 3.07. The van der Waals surface area contributed by atoms with Gasteiger partial charge in [-0.25, -0.2) is 0 Å². The molecule has 6 nitrogen and oxygen atoms in total. The van der Waals surface area contributed by atoms with E-state index in [1.165, 1.54) is 12.8 Å². The number of hydrogen-bond donors (Lipinski definition) is 0. The molecule has 2 aliphatic rings. The second-order valence-electron chi connectivity index (χ2n) is 7.79. The Morgan fingerprint density at radius 2 is 1.55 bits per heavy atom. The molecule has 1 aromatic rings. The van der Waals surface area contributed by atoms with E-state index < -0.39 is 0 Å². The summed E-state index contributed by atoms with van der Waals surface area (Å²) in [5, 5.41) is 0. The van der Waals surface area contributed by atoms with Crippen LogP contribution in [-0.4, -0.2) is 62.0 Å². The van der Waals surface area contributed by atoms with Crippen molar-refractivity contribution in [2.75, 3.05) is 40.4 Å². The maximum absolute atomic E-state index is 12.8. The highest BCUT2D eigenvalue weighted by molar-refractivity contribution is 5.92. The quantitative estimate of drug-likeness (QED) is 0.711. The van der Waals surface area contributed by atoms with Gasteiger partial charge in [-0.3, -0.25) is 9.59 Å². The van der Waals surface area contributed by atoms with Gasteiger partial charge >= 0.3 is 0 Å². The number of methoxy groups -OCH3 is 2. The van der Waals surface area contributed by atoms with Crippen molar-refractivity contribution in [2.24, 2.45) is 5.92 Å². The van der Waals surface area contributed by atoms with Crippen LogP contribution in [0.2, 0.25) is 0 Å². The average Bonchev–Trinajstić information content (AvgIpc) is 3.06. The van der Waals surface area contributed by atoms with Gasteiger partial charge in [-0.15, -0.1) is 0 Å². The smallest absolute Gasteiger partial charge is 0.246 e. The number of piperidine rings is 1. The van der Waals surface area contributed by atoms with Gasteiger partial charge in [0.1, 0.15) is 0 Å². The van der Waals surface area contributed by atoms with Gasteiger partial charge in [0.05, 0.1) is 14.2 Å². The van der Waals surface area contributed by atoms with E-state index in [9.17, 15) is 9.59 Å². The van der Waals surface area contributed by atoms with E-state index in [2.05, 4.69) is 0 Å². The lowest BCUT2D eigenvalue weighted by Gasteiger charge is -2.33. The maximum Gasteiger partial charge on any atom is 0.246 e. The molecule has 0 aliphatic carbocycles. The van der Waals surface area contributed by atoms with Gasteiger partial charge in [-0.05, 0) is 49.5 Å². The minimum absolute atomic E-state index is 0.0135. The summed E-state index contributed by atoms with van der Waals surface area (Å²) >= 11 is 0. The molecule has 158 valence electrons. The molecule has 2 saturated heterocycles. The van der Waals surface area contributed by atoms with Crippen molar-refractivity contribution < 1.29 is 19.1 Å². The Balaban J connectivity index is 1.52. The zero-order valence-corrected chi connectivity index (χ0v) is 17.6. The van der Waals surface area contributed by atoms with Crippen LogP contribution in [0, 0.1) is 5.92 Å². The van der Waals surface area contributed by atoms with Crippen LogP contribution in [0.25, 0.3) is 6.08 Å². The Bertz CT molecular complexity index is 730. The molecule has 2 amide bonds. The van der Waals surface area contributed by atoms with Crippen LogP contribution in [0.4, 0.5) is 0 Å². The highest BCUT2D eigenvalue weighted by Gasteiger charge is 2.29. The Hall–Kier alpha value is -2.50. The number of nitrogens with zero attached hydrogens (tertiary/aromatic N) is 2. The van der Waals surface area contributed by atoms with E-state index in [1.807, 2.05) is 28.0 Å². The number of rotatable bonds is 5. The number of likely N-dealkylation sites (tertiary alicyclic amines) is 2. The molecule has 0 saturated carbocycles. The minimum atomic E-state index is -0.0135. The first-order valence-corrected chi connectivity index (χ1v) is 10.6. The lowest BCUT2D eigenvalue weighted by molar-refractivity contribution is -0.139. The second kappa shape index (κ2) is 10.3. The van der Waals surface area contributed by atoms with Crippen LogP contribution in [0.3, 0.4) is 0 Å². The molecule has 0 unspecified atom stereocenters. The first-order valence-electron chi connectivity index (χ1n) is 10.6. The van der Waals surface area contributed by atoms with Gasteiger partial charge in [0.2, 0.25) is 11.8 Å². The number of amides is 2. The third-order valence-electron chi connectivity index (χ3n) is 5.90. The summed E-state index contributed by atoms with van der Waals surface area (Å²) in [5.74, 6) is 1.63. The maximum atomic E-state index is 12.8. The van der Waals surface area contributed by atoms with Gasteiger partial charge in [-0.2, -0.15) is 0 Å². The molecular formula is C23H32N2O4. The lowest BCUT2D eigenvalue weighted by atomic mass is 9.95. The molecular weight excluding hydrogens is 368 g/mol. The largest absolute Gasteiger partial charge is 0.493 e. The van der Waals surface area contributed by atoms with Crippen LogP contribution >= 0.6 is 0 Å². The summed E-state index contributed by atoms with van der Waals surface area (Å²) in [6.07, 6.45) is 9.58. The van der Waals surface area contributed by atoms with Crippen molar-refractivity contribution in [2.45, 2.75) is 38.5 Å². The van der Waals surface area contributed by atoms with Crippen molar-refractivity contribution in [1.82, 2.24) is 9.80 Å². The molecule has 0 N–H and O–H groups in total. The number of carbonyl (C=O) groups is 2. The summed E-state index contributed by atoms with van der Waals surface area (Å²) in [7, 11) is 3.19. The van der Waals surface area contributed by atoms with Crippen LogP contribution in [-0.2, 0) is 9.59 Å². The van der Waals surface area contributed by atoms with Crippen LogP contribution in [0.15, 0.2) is 24.3 Å². The normalized spacial score (nSPS) is 18.6. The molecule has 0 atom stereocenters. The molecule has 0 radical (unpaired) electrons. The van der Waals surface area contributed by atoms with Crippen molar-refractivity contribution in [3.8, 4) is 11.5 Å². The third kappa shape index (κ3) is 5.52. The van der Waals surface area contributed by atoms with Gasteiger partial charge in [-0.1, -0.05) is 18.9 Å².